The smallest absolute Gasteiger partial charge is 0.252 e. The summed E-state index contributed by atoms with van der Waals surface area (Å²) in [6, 6.07) is 3.53. The molecule has 6 heteroatoms. The number of nitrogens with one attached hydrogen (secondary N) is 1. The van der Waals surface area contributed by atoms with Crippen LogP contribution in [-0.2, 0) is 9.47 Å². The van der Waals surface area contributed by atoms with E-state index in [0.717, 1.165) is 5.56 Å². The number of ether oxygens (including phenoxy) is 4. The van der Waals surface area contributed by atoms with E-state index in [1.54, 1.807) is 6.07 Å². The first-order chi connectivity index (χ1) is 11.0. The highest BCUT2D eigenvalue weighted by Crippen LogP contribution is 2.45. The average molecular weight is 315 g/mol. The van der Waals surface area contributed by atoms with E-state index in [1.807, 2.05) is 26.0 Å². The Morgan fingerprint density at radius 1 is 1.13 bits per heavy atom. The van der Waals surface area contributed by atoms with E-state index in [-0.39, 0.29) is 36.9 Å². The van der Waals surface area contributed by atoms with Gasteiger partial charge in [0.15, 0.2) is 17.3 Å². The number of rotatable bonds is 0. The van der Waals surface area contributed by atoms with Crippen molar-refractivity contribution in [1.29, 1.82) is 0 Å². The maximum atomic E-state index is 12.6. The number of fused-ring (bicyclic) bond motifs is 6. The minimum Gasteiger partial charge on any atom is -0.454 e. The van der Waals surface area contributed by atoms with Gasteiger partial charge in [-0.1, -0.05) is 12.2 Å². The zero-order chi connectivity index (χ0) is 15.8. The SMILES string of the molecule is CC1(C)O[C@H]2[C@@H]3NC(=O)c4cc5c(cc4[C@@H]3C=C[C@H]2O1)OCO5. The number of hydrogen-bond donors (Lipinski definition) is 1. The average Bonchev–Trinajstić information content (AvgIpc) is 3.07. The molecule has 4 aliphatic rings. The molecule has 4 atom stereocenters. The van der Waals surface area contributed by atoms with Crippen molar-refractivity contribution in [2.75, 3.05) is 6.79 Å². The van der Waals surface area contributed by atoms with Gasteiger partial charge in [-0.3, -0.25) is 4.79 Å². The number of hydrogen-bond acceptors (Lipinski definition) is 5. The molecule has 1 aromatic rings. The quantitative estimate of drug-likeness (QED) is 0.738. The molecule has 5 rings (SSSR count). The summed E-state index contributed by atoms with van der Waals surface area (Å²) in [5, 5.41) is 3.08. The van der Waals surface area contributed by atoms with Gasteiger partial charge >= 0.3 is 0 Å². The molecule has 1 fully saturated rings. The van der Waals surface area contributed by atoms with Gasteiger partial charge < -0.3 is 24.3 Å². The van der Waals surface area contributed by atoms with Crippen molar-refractivity contribution >= 4 is 5.91 Å². The molecule has 0 unspecified atom stereocenters. The summed E-state index contributed by atoms with van der Waals surface area (Å²) in [5.41, 5.74) is 1.59. The summed E-state index contributed by atoms with van der Waals surface area (Å²) in [7, 11) is 0. The van der Waals surface area contributed by atoms with Gasteiger partial charge in [0.25, 0.3) is 5.91 Å². The second-order valence-corrected chi connectivity index (χ2v) is 6.77. The van der Waals surface area contributed by atoms with Gasteiger partial charge in [-0.25, -0.2) is 0 Å². The van der Waals surface area contributed by atoms with E-state index < -0.39 is 5.79 Å². The summed E-state index contributed by atoms with van der Waals surface area (Å²) in [4.78, 5) is 12.6. The van der Waals surface area contributed by atoms with Gasteiger partial charge in [0.2, 0.25) is 6.79 Å². The molecule has 1 N–H and O–H groups in total. The van der Waals surface area contributed by atoms with Crippen molar-refractivity contribution in [3.63, 3.8) is 0 Å². The first-order valence-corrected chi connectivity index (χ1v) is 7.80. The minimum atomic E-state index is -0.644. The van der Waals surface area contributed by atoms with E-state index >= 15 is 0 Å². The van der Waals surface area contributed by atoms with Crippen LogP contribution in [0.1, 0.15) is 35.7 Å². The number of carbonyl (C=O) groups excluding carboxylic acids is 1. The molecule has 3 heterocycles. The summed E-state index contributed by atoms with van der Waals surface area (Å²) < 4.78 is 22.8. The third-order valence-corrected chi connectivity index (χ3v) is 4.86. The Bertz CT molecular complexity index is 741. The summed E-state index contributed by atoms with van der Waals surface area (Å²) in [6.45, 7) is 3.98. The predicted octanol–water partition coefficient (Wildman–Crippen LogP) is 1.70. The highest BCUT2D eigenvalue weighted by molar-refractivity contribution is 5.98. The Morgan fingerprint density at radius 3 is 2.74 bits per heavy atom. The van der Waals surface area contributed by atoms with Crippen LogP contribution in [0.3, 0.4) is 0 Å². The highest BCUT2D eigenvalue weighted by Gasteiger charge is 2.51. The van der Waals surface area contributed by atoms with E-state index in [9.17, 15) is 4.79 Å². The fourth-order valence-electron chi connectivity index (χ4n) is 3.93. The molecule has 1 amide bonds. The molecular weight excluding hydrogens is 298 g/mol. The third kappa shape index (κ3) is 1.85. The standard InChI is InChI=1S/C17H17NO5/c1-17(2)22-11-4-3-8-9-5-12-13(21-7-20-12)6-10(9)16(19)18-14(8)15(11)23-17/h3-6,8,11,14-15H,7H2,1-2H3,(H,18,19)/t8-,11+,14+,15+/m0/s1. The summed E-state index contributed by atoms with van der Waals surface area (Å²) in [6.07, 6.45) is 3.80. The first-order valence-electron chi connectivity index (χ1n) is 7.80. The second kappa shape index (κ2) is 4.27. The molecule has 23 heavy (non-hydrogen) atoms. The van der Waals surface area contributed by atoms with Crippen LogP contribution in [0.15, 0.2) is 24.3 Å². The van der Waals surface area contributed by atoms with Crippen LogP contribution in [0.2, 0.25) is 0 Å². The lowest BCUT2D eigenvalue weighted by molar-refractivity contribution is -0.145. The van der Waals surface area contributed by atoms with Crippen LogP contribution in [0.4, 0.5) is 0 Å². The van der Waals surface area contributed by atoms with Gasteiger partial charge in [0.05, 0.1) is 6.04 Å². The Kier molecular flexibility index (Phi) is 2.49. The largest absolute Gasteiger partial charge is 0.454 e. The van der Waals surface area contributed by atoms with Crippen molar-refractivity contribution in [2.45, 2.75) is 43.8 Å². The molecule has 0 saturated carbocycles. The maximum absolute atomic E-state index is 12.6. The van der Waals surface area contributed by atoms with E-state index in [4.69, 9.17) is 18.9 Å². The Labute approximate surface area is 133 Å². The molecule has 0 bridgehead atoms. The van der Waals surface area contributed by atoms with Crippen molar-refractivity contribution in [3.05, 3.63) is 35.4 Å². The second-order valence-electron chi connectivity index (χ2n) is 6.77. The lowest BCUT2D eigenvalue weighted by atomic mass is 9.77. The molecule has 0 spiro atoms. The topological polar surface area (TPSA) is 66.0 Å². The van der Waals surface area contributed by atoms with Crippen molar-refractivity contribution in [2.24, 2.45) is 0 Å². The molecule has 1 aromatic carbocycles. The number of amides is 1. The van der Waals surface area contributed by atoms with Crippen LogP contribution in [0.25, 0.3) is 0 Å². The van der Waals surface area contributed by atoms with Crippen molar-refractivity contribution in [3.8, 4) is 11.5 Å². The lowest BCUT2D eigenvalue weighted by Gasteiger charge is -2.39. The highest BCUT2D eigenvalue weighted by atomic mass is 16.8. The fourth-order valence-corrected chi connectivity index (χ4v) is 3.93. The van der Waals surface area contributed by atoms with Crippen LogP contribution < -0.4 is 14.8 Å². The predicted molar refractivity (Wildman–Crippen MR) is 79.5 cm³/mol. The van der Waals surface area contributed by atoms with E-state index in [0.29, 0.717) is 17.1 Å². The zero-order valence-electron chi connectivity index (χ0n) is 12.9. The lowest BCUT2D eigenvalue weighted by Crippen LogP contribution is -2.55. The minimum absolute atomic E-state index is 0.0379. The van der Waals surface area contributed by atoms with Gasteiger partial charge in [0, 0.05) is 11.5 Å². The number of benzene rings is 1. The molecule has 1 aliphatic carbocycles. The molecule has 1 saturated heterocycles. The van der Waals surface area contributed by atoms with Crippen LogP contribution in [0, 0.1) is 0 Å². The Balaban J connectivity index is 1.60. The van der Waals surface area contributed by atoms with Crippen molar-refractivity contribution < 1.29 is 23.7 Å². The normalized spacial score (nSPS) is 35.3. The number of carbonyl (C=O) groups is 1. The van der Waals surface area contributed by atoms with Gasteiger partial charge in [-0.15, -0.1) is 0 Å². The van der Waals surface area contributed by atoms with Gasteiger partial charge in [-0.2, -0.15) is 0 Å². The van der Waals surface area contributed by atoms with Crippen LogP contribution >= 0.6 is 0 Å². The monoisotopic (exact) mass is 315 g/mol. The van der Waals surface area contributed by atoms with Crippen LogP contribution in [-0.4, -0.2) is 36.7 Å². The Hall–Kier alpha value is -2.05. The van der Waals surface area contributed by atoms with Gasteiger partial charge in [-0.05, 0) is 31.5 Å². The molecule has 0 radical (unpaired) electrons. The fraction of sp³-hybridized carbons (Fsp3) is 0.471. The maximum Gasteiger partial charge on any atom is 0.252 e. The molecule has 0 aromatic heterocycles. The first kappa shape index (κ1) is 13.4. The molecular formula is C17H17NO5. The molecule has 120 valence electrons. The third-order valence-electron chi connectivity index (χ3n) is 4.86. The molecule has 3 aliphatic heterocycles. The van der Waals surface area contributed by atoms with Crippen LogP contribution in [0.5, 0.6) is 11.5 Å². The Morgan fingerprint density at radius 2 is 1.91 bits per heavy atom. The summed E-state index contributed by atoms with van der Waals surface area (Å²) >= 11 is 0. The van der Waals surface area contributed by atoms with Crippen molar-refractivity contribution in [1.82, 2.24) is 5.32 Å². The van der Waals surface area contributed by atoms with Gasteiger partial charge in [0.1, 0.15) is 12.2 Å². The van der Waals surface area contributed by atoms with E-state index in [2.05, 4.69) is 11.4 Å². The summed E-state index contributed by atoms with van der Waals surface area (Å²) in [5.74, 6) is 0.597. The molecule has 6 nitrogen and oxygen atoms in total. The van der Waals surface area contributed by atoms with E-state index in [1.165, 1.54) is 0 Å². The zero-order valence-corrected chi connectivity index (χ0v) is 12.9.